The summed E-state index contributed by atoms with van der Waals surface area (Å²) in [6.07, 6.45) is 0. The Morgan fingerprint density at radius 3 is 2.48 bits per heavy atom. The number of carbonyl (C=O) groups is 1. The topological polar surface area (TPSA) is 114 Å². The van der Waals surface area contributed by atoms with E-state index in [1.54, 1.807) is 20.8 Å². The van der Waals surface area contributed by atoms with Crippen LogP contribution >= 0.6 is 0 Å². The minimum atomic E-state index is -4.10. The highest BCUT2D eigenvalue weighted by atomic mass is 32.2. The van der Waals surface area contributed by atoms with Crippen LogP contribution in [-0.4, -0.2) is 24.6 Å². The maximum absolute atomic E-state index is 13.2. The molecule has 0 radical (unpaired) electrons. The second-order valence-electron chi connectivity index (χ2n) is 5.73. The summed E-state index contributed by atoms with van der Waals surface area (Å²) < 4.78 is 44.1. The molecule has 0 bridgehead atoms. The van der Waals surface area contributed by atoms with E-state index in [9.17, 15) is 17.6 Å². The van der Waals surface area contributed by atoms with Gasteiger partial charge in [0.05, 0.1) is 4.90 Å². The lowest BCUT2D eigenvalue weighted by Gasteiger charge is -2.16. The van der Waals surface area contributed by atoms with Crippen molar-refractivity contribution in [1.29, 1.82) is 0 Å². The van der Waals surface area contributed by atoms with E-state index in [1.165, 1.54) is 12.1 Å². The summed E-state index contributed by atoms with van der Waals surface area (Å²) in [4.78, 5) is 11.6. The van der Waals surface area contributed by atoms with Crippen LogP contribution in [0.15, 0.2) is 33.8 Å². The maximum atomic E-state index is 13.2. The average molecular weight is 342 g/mol. The van der Waals surface area contributed by atoms with Gasteiger partial charge in [0.2, 0.25) is 17.5 Å². The lowest BCUT2D eigenvalue weighted by atomic mass is 9.96. The number of hydrogen-bond acceptors (Lipinski definition) is 6. The lowest BCUT2D eigenvalue weighted by Crippen LogP contribution is -2.28. The first kappa shape index (κ1) is 16.9. The molecule has 0 unspecified atom stereocenters. The largest absolute Gasteiger partial charge is 0.304 e. The number of aromatic nitrogens is 2. The van der Waals surface area contributed by atoms with Crippen LogP contribution in [0.3, 0.4) is 0 Å². The third kappa shape index (κ3) is 4.03. The Morgan fingerprint density at radius 1 is 1.22 bits per heavy atom. The minimum absolute atomic E-state index is 0.176. The molecule has 1 aromatic carbocycles. The van der Waals surface area contributed by atoms with E-state index in [2.05, 4.69) is 25.0 Å². The number of nitrogens with one attached hydrogen (secondary N) is 2. The molecular weight excluding hydrogens is 327 g/mol. The van der Waals surface area contributed by atoms with Gasteiger partial charge < -0.3 is 5.32 Å². The maximum Gasteiger partial charge on any atom is 0.263 e. The van der Waals surface area contributed by atoms with Gasteiger partial charge in [-0.3, -0.25) is 9.52 Å². The van der Waals surface area contributed by atoms with Gasteiger partial charge in [-0.1, -0.05) is 26.8 Å². The number of hydrogen-bond donors (Lipinski definition) is 2. The summed E-state index contributed by atoms with van der Waals surface area (Å²) in [6, 6.07) is 4.44. The van der Waals surface area contributed by atoms with E-state index in [0.29, 0.717) is 0 Å². The Hall–Kier alpha value is -2.49. The van der Waals surface area contributed by atoms with Crippen LogP contribution in [0.25, 0.3) is 0 Å². The zero-order valence-electron chi connectivity index (χ0n) is 12.6. The predicted molar refractivity (Wildman–Crippen MR) is 79.6 cm³/mol. The summed E-state index contributed by atoms with van der Waals surface area (Å²) in [7, 11) is -4.10. The van der Waals surface area contributed by atoms with Crippen molar-refractivity contribution in [2.24, 2.45) is 5.41 Å². The van der Waals surface area contributed by atoms with Crippen molar-refractivity contribution < 1.29 is 22.2 Å². The van der Waals surface area contributed by atoms with Gasteiger partial charge in [-0.25, -0.2) is 17.4 Å². The third-order valence-corrected chi connectivity index (χ3v) is 4.08. The fraction of sp³-hybridized carbons (Fsp3) is 0.308. The normalized spacial score (nSPS) is 12.0. The molecule has 1 heterocycles. The molecule has 23 heavy (non-hydrogen) atoms. The van der Waals surface area contributed by atoms with Crippen molar-refractivity contribution in [3.8, 4) is 0 Å². The second kappa shape index (κ2) is 5.95. The molecule has 2 N–H and O–H groups in total. The molecule has 0 atom stereocenters. The standard InChI is InChI=1S/C13H15FN4O4S/c1-13(2,3)12(19)15-10-11(17-22-16-10)18-23(20,21)9-6-4-5-8(14)7-9/h4-7H,1-3H3,(H,17,18)(H,15,16,19). The quantitative estimate of drug-likeness (QED) is 0.878. The summed E-state index contributed by atoms with van der Waals surface area (Å²) in [5, 5.41) is 9.25. The summed E-state index contributed by atoms with van der Waals surface area (Å²) in [6.45, 7) is 5.02. The van der Waals surface area contributed by atoms with E-state index >= 15 is 0 Å². The molecular formula is C13H15FN4O4S. The predicted octanol–water partition coefficient (Wildman–Crippen LogP) is 1.99. The zero-order chi connectivity index (χ0) is 17.3. The van der Waals surface area contributed by atoms with E-state index < -0.39 is 27.2 Å². The Balaban J connectivity index is 2.25. The Kier molecular flexibility index (Phi) is 4.37. The van der Waals surface area contributed by atoms with Gasteiger partial charge >= 0.3 is 0 Å². The molecule has 124 valence electrons. The number of amides is 1. The van der Waals surface area contributed by atoms with Crippen LogP contribution in [0.5, 0.6) is 0 Å². The van der Waals surface area contributed by atoms with Gasteiger partial charge in [-0.15, -0.1) is 0 Å². The van der Waals surface area contributed by atoms with Crippen molar-refractivity contribution in [3.05, 3.63) is 30.1 Å². The molecule has 1 amide bonds. The van der Waals surface area contributed by atoms with Crippen LogP contribution in [0.1, 0.15) is 20.8 Å². The smallest absolute Gasteiger partial charge is 0.263 e. The average Bonchev–Trinajstić information content (AvgIpc) is 2.84. The van der Waals surface area contributed by atoms with Crippen molar-refractivity contribution in [1.82, 2.24) is 10.3 Å². The molecule has 0 aliphatic rings. The number of halogens is 1. The number of benzene rings is 1. The van der Waals surface area contributed by atoms with Gasteiger partial charge in [0.15, 0.2) is 0 Å². The Labute approximate surface area is 132 Å². The van der Waals surface area contributed by atoms with Gasteiger partial charge in [0.25, 0.3) is 10.0 Å². The van der Waals surface area contributed by atoms with Crippen LogP contribution in [-0.2, 0) is 14.8 Å². The molecule has 0 fully saturated rings. The van der Waals surface area contributed by atoms with Crippen LogP contribution in [0.4, 0.5) is 16.0 Å². The fourth-order valence-electron chi connectivity index (χ4n) is 1.45. The molecule has 10 heteroatoms. The van der Waals surface area contributed by atoms with E-state index in [-0.39, 0.29) is 16.5 Å². The lowest BCUT2D eigenvalue weighted by molar-refractivity contribution is -0.123. The van der Waals surface area contributed by atoms with Crippen LogP contribution in [0, 0.1) is 11.2 Å². The monoisotopic (exact) mass is 342 g/mol. The van der Waals surface area contributed by atoms with Crippen molar-refractivity contribution in [2.45, 2.75) is 25.7 Å². The summed E-state index contributed by atoms with van der Waals surface area (Å²) in [5.74, 6) is -1.58. The molecule has 0 aliphatic carbocycles. The zero-order valence-corrected chi connectivity index (χ0v) is 13.4. The number of nitrogens with zero attached hydrogens (tertiary/aromatic N) is 2. The molecule has 1 aromatic heterocycles. The molecule has 2 aromatic rings. The molecule has 0 aliphatic heterocycles. The minimum Gasteiger partial charge on any atom is -0.304 e. The highest BCUT2D eigenvalue weighted by molar-refractivity contribution is 7.92. The molecule has 0 saturated heterocycles. The molecule has 2 rings (SSSR count). The van der Waals surface area contributed by atoms with E-state index in [0.717, 1.165) is 12.1 Å². The number of sulfonamides is 1. The second-order valence-corrected chi connectivity index (χ2v) is 7.41. The van der Waals surface area contributed by atoms with Gasteiger partial charge in [0.1, 0.15) is 5.82 Å². The third-order valence-electron chi connectivity index (χ3n) is 2.74. The SMILES string of the molecule is CC(C)(C)C(=O)Nc1nonc1NS(=O)(=O)c1cccc(F)c1. The van der Waals surface area contributed by atoms with Crippen LogP contribution in [0.2, 0.25) is 0 Å². The first-order valence-corrected chi connectivity index (χ1v) is 8.00. The molecule has 0 saturated carbocycles. The highest BCUT2D eigenvalue weighted by Crippen LogP contribution is 2.23. The van der Waals surface area contributed by atoms with Crippen LogP contribution < -0.4 is 10.0 Å². The highest BCUT2D eigenvalue weighted by Gasteiger charge is 2.26. The van der Waals surface area contributed by atoms with Crippen molar-refractivity contribution in [3.63, 3.8) is 0 Å². The number of carbonyl (C=O) groups excluding carboxylic acids is 1. The Bertz CT molecular complexity index is 826. The molecule has 8 nitrogen and oxygen atoms in total. The van der Waals surface area contributed by atoms with Gasteiger partial charge in [0, 0.05) is 5.41 Å². The fourth-order valence-corrected chi connectivity index (χ4v) is 2.48. The first-order valence-electron chi connectivity index (χ1n) is 6.52. The Morgan fingerprint density at radius 2 is 1.87 bits per heavy atom. The summed E-state index contributed by atoms with van der Waals surface area (Å²) >= 11 is 0. The number of anilines is 2. The van der Waals surface area contributed by atoms with Crippen molar-refractivity contribution in [2.75, 3.05) is 10.0 Å². The van der Waals surface area contributed by atoms with E-state index in [1.807, 2.05) is 0 Å². The van der Waals surface area contributed by atoms with Crippen molar-refractivity contribution >= 4 is 27.6 Å². The number of rotatable bonds is 4. The summed E-state index contributed by atoms with van der Waals surface area (Å²) in [5.41, 5.74) is -0.725. The first-order chi connectivity index (χ1) is 10.6. The van der Waals surface area contributed by atoms with Gasteiger partial charge in [-0.05, 0) is 28.5 Å². The van der Waals surface area contributed by atoms with Gasteiger partial charge in [-0.2, -0.15) is 0 Å². The van der Waals surface area contributed by atoms with E-state index in [4.69, 9.17) is 0 Å². The molecule has 0 spiro atoms.